The van der Waals surface area contributed by atoms with Gasteiger partial charge in [0, 0.05) is 19.2 Å². The van der Waals surface area contributed by atoms with Gasteiger partial charge in [0.1, 0.15) is 17.7 Å². The third-order valence-electron chi connectivity index (χ3n) is 2.41. The summed E-state index contributed by atoms with van der Waals surface area (Å²) in [6.45, 7) is 1.67. The highest BCUT2D eigenvalue weighted by molar-refractivity contribution is 6.30. The van der Waals surface area contributed by atoms with Gasteiger partial charge in [-0.2, -0.15) is 0 Å². The number of hydrogen-bond acceptors (Lipinski definition) is 1. The molecule has 0 saturated carbocycles. The fraction of sp³-hybridized carbons (Fsp3) is 0.455. The zero-order valence-corrected chi connectivity index (χ0v) is 9.01. The Labute approximate surface area is 93.4 Å². The van der Waals surface area contributed by atoms with E-state index in [9.17, 15) is 4.39 Å². The summed E-state index contributed by atoms with van der Waals surface area (Å²) in [4.78, 5) is 0. The van der Waals surface area contributed by atoms with Crippen LogP contribution in [0.15, 0.2) is 18.2 Å². The van der Waals surface area contributed by atoms with Gasteiger partial charge in [-0.05, 0) is 25.0 Å². The lowest BCUT2D eigenvalue weighted by molar-refractivity contribution is 0.160. The molecular formula is C11H12ClFNO. The van der Waals surface area contributed by atoms with E-state index in [-0.39, 0.29) is 11.1 Å². The molecule has 15 heavy (non-hydrogen) atoms. The molecule has 1 heterocycles. The summed E-state index contributed by atoms with van der Waals surface area (Å²) < 4.78 is 18.7. The van der Waals surface area contributed by atoms with E-state index >= 15 is 0 Å². The third kappa shape index (κ3) is 2.83. The molecule has 2 nitrogen and oxygen atoms in total. The summed E-state index contributed by atoms with van der Waals surface area (Å²) in [6.07, 6.45) is 1.97. The van der Waals surface area contributed by atoms with Gasteiger partial charge in [0.25, 0.3) is 0 Å². The number of hydrogen-bond donors (Lipinski definition) is 0. The Morgan fingerprint density at radius 2 is 2.07 bits per heavy atom. The van der Waals surface area contributed by atoms with Gasteiger partial charge in [-0.3, -0.25) is 0 Å². The molecule has 0 spiro atoms. The van der Waals surface area contributed by atoms with Gasteiger partial charge in [-0.25, -0.2) is 9.71 Å². The maximum Gasteiger partial charge on any atom is 0.145 e. The minimum atomic E-state index is -0.435. The molecule has 1 aromatic rings. The molecule has 1 aromatic carbocycles. The van der Waals surface area contributed by atoms with Gasteiger partial charge < -0.3 is 4.74 Å². The maximum absolute atomic E-state index is 13.1. The molecule has 0 atom stereocenters. The first-order valence-electron chi connectivity index (χ1n) is 5.00. The highest BCUT2D eigenvalue weighted by atomic mass is 35.5. The second-order valence-corrected chi connectivity index (χ2v) is 3.97. The highest BCUT2D eigenvalue weighted by Crippen LogP contribution is 2.22. The summed E-state index contributed by atoms with van der Waals surface area (Å²) in [5.74, 6) is 0.110. The molecule has 1 fully saturated rings. The van der Waals surface area contributed by atoms with Crippen molar-refractivity contribution in [1.82, 2.24) is 5.32 Å². The average molecular weight is 229 g/mol. The van der Waals surface area contributed by atoms with Gasteiger partial charge >= 0.3 is 0 Å². The minimum Gasteiger partial charge on any atom is -0.490 e. The summed E-state index contributed by atoms with van der Waals surface area (Å²) in [5, 5.41) is 4.35. The Balaban J connectivity index is 2.00. The van der Waals surface area contributed by atoms with Crippen LogP contribution in [0.3, 0.4) is 0 Å². The van der Waals surface area contributed by atoms with Crippen molar-refractivity contribution in [2.24, 2.45) is 0 Å². The maximum atomic E-state index is 13.1. The van der Waals surface area contributed by atoms with Crippen LogP contribution in [0.25, 0.3) is 0 Å². The van der Waals surface area contributed by atoms with Crippen LogP contribution in [0, 0.1) is 5.82 Å². The van der Waals surface area contributed by atoms with E-state index in [0.717, 1.165) is 25.9 Å². The lowest BCUT2D eigenvalue weighted by Gasteiger charge is -2.22. The van der Waals surface area contributed by atoms with Crippen LogP contribution < -0.4 is 10.1 Å². The molecule has 0 aromatic heterocycles. The van der Waals surface area contributed by atoms with Gasteiger partial charge in [0.05, 0.1) is 5.02 Å². The van der Waals surface area contributed by atoms with Crippen LogP contribution in [-0.4, -0.2) is 19.2 Å². The van der Waals surface area contributed by atoms with E-state index in [0.29, 0.717) is 5.75 Å². The van der Waals surface area contributed by atoms with E-state index in [1.807, 2.05) is 0 Å². The fourth-order valence-electron chi connectivity index (χ4n) is 1.59. The first-order chi connectivity index (χ1) is 7.25. The smallest absolute Gasteiger partial charge is 0.145 e. The quantitative estimate of drug-likeness (QED) is 0.763. The molecule has 1 aliphatic rings. The first-order valence-corrected chi connectivity index (χ1v) is 5.38. The van der Waals surface area contributed by atoms with E-state index < -0.39 is 5.82 Å². The van der Waals surface area contributed by atoms with Gasteiger partial charge in [0.2, 0.25) is 0 Å². The molecule has 0 bridgehead atoms. The van der Waals surface area contributed by atoms with Crippen molar-refractivity contribution in [3.63, 3.8) is 0 Å². The van der Waals surface area contributed by atoms with Gasteiger partial charge in [-0.15, -0.1) is 0 Å². The Morgan fingerprint density at radius 1 is 1.33 bits per heavy atom. The molecule has 81 valence electrons. The molecule has 0 aliphatic carbocycles. The van der Waals surface area contributed by atoms with Crippen molar-refractivity contribution in [1.29, 1.82) is 0 Å². The first kappa shape index (κ1) is 10.7. The number of rotatable bonds is 2. The number of halogens is 2. The van der Waals surface area contributed by atoms with Crippen molar-refractivity contribution in [3.05, 3.63) is 29.0 Å². The molecule has 1 aliphatic heterocycles. The van der Waals surface area contributed by atoms with Crippen molar-refractivity contribution >= 4 is 11.6 Å². The van der Waals surface area contributed by atoms with Crippen LogP contribution in [0.1, 0.15) is 12.8 Å². The molecule has 2 rings (SSSR count). The fourth-order valence-corrected chi connectivity index (χ4v) is 1.70. The van der Waals surface area contributed by atoms with Gasteiger partial charge in [0.15, 0.2) is 0 Å². The summed E-state index contributed by atoms with van der Waals surface area (Å²) in [5.41, 5.74) is 0. The molecule has 1 saturated heterocycles. The molecule has 0 unspecified atom stereocenters. The zero-order chi connectivity index (χ0) is 10.7. The normalized spacial score (nSPS) is 17.7. The topological polar surface area (TPSA) is 23.3 Å². The molecule has 1 radical (unpaired) electrons. The lowest BCUT2D eigenvalue weighted by Crippen LogP contribution is -2.30. The van der Waals surface area contributed by atoms with Crippen molar-refractivity contribution in [2.45, 2.75) is 18.9 Å². The molecule has 0 N–H and O–H groups in total. The van der Waals surface area contributed by atoms with Gasteiger partial charge in [-0.1, -0.05) is 11.6 Å². The number of nitrogens with zero attached hydrogens (tertiary/aromatic N) is 1. The number of piperidine rings is 1. The number of benzene rings is 1. The summed E-state index contributed by atoms with van der Waals surface area (Å²) in [6, 6.07) is 4.53. The molecule has 0 amide bonds. The van der Waals surface area contributed by atoms with Crippen LogP contribution in [0.2, 0.25) is 5.02 Å². The lowest BCUT2D eigenvalue weighted by atomic mass is 10.1. The Kier molecular flexibility index (Phi) is 3.44. The molecular weight excluding hydrogens is 217 g/mol. The standard InChI is InChI=1S/C11H12ClFNO/c12-10-2-1-9(7-11(10)13)15-8-3-5-14-6-4-8/h1-2,7-8H,3-6H2. The SMILES string of the molecule is Fc1cc(OC2CC[N]CC2)ccc1Cl. The molecule has 4 heteroatoms. The Morgan fingerprint density at radius 3 is 2.73 bits per heavy atom. The van der Waals surface area contributed by atoms with Crippen molar-refractivity contribution < 1.29 is 9.13 Å². The highest BCUT2D eigenvalue weighted by Gasteiger charge is 2.15. The number of ether oxygens (including phenoxy) is 1. The average Bonchev–Trinajstić information content (AvgIpc) is 2.25. The monoisotopic (exact) mass is 228 g/mol. The van der Waals surface area contributed by atoms with Crippen LogP contribution >= 0.6 is 11.6 Å². The summed E-state index contributed by atoms with van der Waals surface area (Å²) >= 11 is 5.58. The van der Waals surface area contributed by atoms with Crippen LogP contribution in [0.5, 0.6) is 5.75 Å². The predicted octanol–water partition coefficient (Wildman–Crippen LogP) is 2.62. The zero-order valence-electron chi connectivity index (χ0n) is 8.25. The summed E-state index contributed by atoms with van der Waals surface area (Å²) in [7, 11) is 0. The minimum absolute atomic E-state index is 0.126. The third-order valence-corrected chi connectivity index (χ3v) is 2.72. The van der Waals surface area contributed by atoms with E-state index in [1.165, 1.54) is 12.1 Å². The van der Waals surface area contributed by atoms with E-state index in [2.05, 4.69) is 5.32 Å². The van der Waals surface area contributed by atoms with Crippen LogP contribution in [-0.2, 0) is 0 Å². The Hall–Kier alpha value is -0.800. The van der Waals surface area contributed by atoms with E-state index in [4.69, 9.17) is 16.3 Å². The second-order valence-electron chi connectivity index (χ2n) is 3.56. The van der Waals surface area contributed by atoms with E-state index in [1.54, 1.807) is 6.07 Å². The largest absolute Gasteiger partial charge is 0.490 e. The predicted molar refractivity (Wildman–Crippen MR) is 56.9 cm³/mol. The Bertz CT molecular complexity index is 339. The second kappa shape index (κ2) is 4.81. The van der Waals surface area contributed by atoms with Crippen molar-refractivity contribution in [3.8, 4) is 5.75 Å². The van der Waals surface area contributed by atoms with Crippen molar-refractivity contribution in [2.75, 3.05) is 13.1 Å². The van der Waals surface area contributed by atoms with Crippen LogP contribution in [0.4, 0.5) is 4.39 Å².